The van der Waals surface area contributed by atoms with Gasteiger partial charge in [-0.3, -0.25) is 9.59 Å². The number of methoxy groups -OCH3 is 1. The third-order valence-electron chi connectivity index (χ3n) is 3.97. The number of esters is 2. The largest absolute Gasteiger partial charge is 0.469 e. The van der Waals surface area contributed by atoms with Crippen LogP contribution >= 0.6 is 0 Å². The summed E-state index contributed by atoms with van der Waals surface area (Å²) in [4.78, 5) is 20.0. The van der Waals surface area contributed by atoms with E-state index in [9.17, 15) is 19.8 Å². The smallest absolute Gasteiger partial charge is 0.302 e. The Balaban J connectivity index is 0. The summed E-state index contributed by atoms with van der Waals surface area (Å²) in [6.45, 7) is 8.64. The first-order chi connectivity index (χ1) is 14.8. The lowest BCUT2D eigenvalue weighted by atomic mass is 10.1. The molecule has 0 aliphatic rings. The molecular weight excluding hydrogens is 396 g/mol. The molecule has 2 unspecified atom stereocenters. The van der Waals surface area contributed by atoms with Crippen molar-refractivity contribution >= 4 is 22.7 Å². The first-order valence-corrected chi connectivity index (χ1v) is 10.8. The number of fused-ring (bicyclic) bond motifs is 1. The number of hydrogen-bond acceptors (Lipinski definition) is 6. The van der Waals surface area contributed by atoms with Gasteiger partial charge in [0.1, 0.15) is 6.61 Å². The second kappa shape index (κ2) is 20.8. The lowest BCUT2D eigenvalue weighted by molar-refractivity contribution is -0.144. The molecule has 6 heteroatoms. The summed E-state index contributed by atoms with van der Waals surface area (Å²) in [6.07, 6.45) is 1.84. The standard InChI is InChI=1S/C10H20O4.C10H8.C3H6O2.C2H6/c1-3-9(12)5-4-6-10(13)7-14-8(2)11;1-2-6-10-8-4-3-7-9(10)5-1;1-3(4)5-2;1-2/h9-10,12-13H,3-7H2,1-2H3;1-8H;1-2H3;1-2H3. The molecule has 6 nitrogen and oxygen atoms in total. The summed E-state index contributed by atoms with van der Waals surface area (Å²) < 4.78 is 8.75. The highest BCUT2D eigenvalue weighted by Crippen LogP contribution is 2.11. The number of carbonyl (C=O) groups is 2. The molecule has 2 rings (SSSR count). The zero-order valence-corrected chi connectivity index (χ0v) is 19.8. The highest BCUT2D eigenvalue weighted by atomic mass is 16.5. The van der Waals surface area contributed by atoms with E-state index in [-0.39, 0.29) is 24.6 Å². The molecule has 0 aliphatic carbocycles. The van der Waals surface area contributed by atoms with Crippen LogP contribution in [0.15, 0.2) is 48.5 Å². The minimum absolute atomic E-state index is 0.0531. The first kappa shape index (κ1) is 30.8. The lowest BCUT2D eigenvalue weighted by Gasteiger charge is -2.11. The Kier molecular flexibility index (Phi) is 20.7. The van der Waals surface area contributed by atoms with E-state index < -0.39 is 6.10 Å². The SMILES string of the molecule is CC.CCC(O)CCCC(O)COC(C)=O.COC(C)=O.c1ccc2ccccc2c1. The van der Waals surface area contributed by atoms with E-state index >= 15 is 0 Å². The topological polar surface area (TPSA) is 93.1 Å². The number of benzene rings is 2. The Labute approximate surface area is 187 Å². The van der Waals surface area contributed by atoms with E-state index in [1.54, 1.807) is 0 Å². The van der Waals surface area contributed by atoms with Gasteiger partial charge in [-0.25, -0.2) is 0 Å². The van der Waals surface area contributed by atoms with E-state index in [1.807, 2.05) is 20.8 Å². The van der Waals surface area contributed by atoms with Crippen molar-refractivity contribution in [3.8, 4) is 0 Å². The van der Waals surface area contributed by atoms with Crippen LogP contribution in [0.4, 0.5) is 0 Å². The number of rotatable bonds is 7. The van der Waals surface area contributed by atoms with E-state index in [2.05, 4.69) is 58.0 Å². The van der Waals surface area contributed by atoms with Gasteiger partial charge in [0.25, 0.3) is 0 Å². The highest BCUT2D eigenvalue weighted by Gasteiger charge is 2.07. The molecule has 0 bridgehead atoms. The average Bonchev–Trinajstić information content (AvgIpc) is 2.79. The van der Waals surface area contributed by atoms with Crippen molar-refractivity contribution in [1.82, 2.24) is 0 Å². The van der Waals surface area contributed by atoms with Crippen molar-refractivity contribution in [3.05, 3.63) is 48.5 Å². The van der Waals surface area contributed by atoms with Gasteiger partial charge in [-0.15, -0.1) is 0 Å². The lowest BCUT2D eigenvalue weighted by Crippen LogP contribution is -2.17. The molecule has 2 aromatic rings. The fraction of sp³-hybridized carbons (Fsp3) is 0.520. The van der Waals surface area contributed by atoms with E-state index in [0.717, 1.165) is 12.8 Å². The van der Waals surface area contributed by atoms with Crippen LogP contribution in [0, 0.1) is 0 Å². The highest BCUT2D eigenvalue weighted by molar-refractivity contribution is 5.82. The number of aliphatic hydroxyl groups excluding tert-OH is 2. The van der Waals surface area contributed by atoms with Gasteiger partial charge in [-0.05, 0) is 36.5 Å². The van der Waals surface area contributed by atoms with Gasteiger partial charge in [0, 0.05) is 13.8 Å². The van der Waals surface area contributed by atoms with Gasteiger partial charge < -0.3 is 19.7 Å². The Hall–Kier alpha value is -2.44. The maximum Gasteiger partial charge on any atom is 0.302 e. The predicted octanol–water partition coefficient (Wildman–Crippen LogP) is 4.90. The molecule has 0 aromatic heterocycles. The molecular formula is C25H40O6. The fourth-order valence-electron chi connectivity index (χ4n) is 2.22. The molecule has 2 aromatic carbocycles. The third-order valence-corrected chi connectivity index (χ3v) is 3.97. The van der Waals surface area contributed by atoms with Crippen molar-refractivity contribution in [1.29, 1.82) is 0 Å². The molecule has 31 heavy (non-hydrogen) atoms. The van der Waals surface area contributed by atoms with Crippen molar-refractivity contribution in [2.45, 2.75) is 72.5 Å². The molecule has 0 amide bonds. The predicted molar refractivity (Wildman–Crippen MR) is 126 cm³/mol. The molecule has 2 N–H and O–H groups in total. The summed E-state index contributed by atoms with van der Waals surface area (Å²) >= 11 is 0. The van der Waals surface area contributed by atoms with Gasteiger partial charge in [0.2, 0.25) is 0 Å². The van der Waals surface area contributed by atoms with Crippen LogP contribution in [0.3, 0.4) is 0 Å². The van der Waals surface area contributed by atoms with Crippen LogP contribution in [-0.2, 0) is 19.1 Å². The second-order valence-electron chi connectivity index (χ2n) is 6.49. The van der Waals surface area contributed by atoms with Crippen LogP contribution in [-0.4, -0.2) is 48.1 Å². The Morgan fingerprint density at radius 3 is 1.55 bits per heavy atom. The van der Waals surface area contributed by atoms with Crippen LogP contribution in [0.2, 0.25) is 0 Å². The second-order valence-corrected chi connectivity index (χ2v) is 6.49. The van der Waals surface area contributed by atoms with Gasteiger partial charge in [-0.2, -0.15) is 0 Å². The van der Waals surface area contributed by atoms with Crippen LogP contribution in [0.5, 0.6) is 0 Å². The maximum absolute atomic E-state index is 10.4. The Morgan fingerprint density at radius 1 is 0.839 bits per heavy atom. The maximum atomic E-state index is 10.4. The van der Waals surface area contributed by atoms with Crippen LogP contribution in [0.1, 0.15) is 60.3 Å². The van der Waals surface area contributed by atoms with E-state index in [0.29, 0.717) is 12.8 Å². The van der Waals surface area contributed by atoms with Gasteiger partial charge in [0.05, 0.1) is 19.3 Å². The number of ether oxygens (including phenoxy) is 2. The molecule has 0 aliphatic heterocycles. The third kappa shape index (κ3) is 19.3. The summed E-state index contributed by atoms with van der Waals surface area (Å²) in [6, 6.07) is 16.7. The molecule has 0 saturated carbocycles. The quantitative estimate of drug-likeness (QED) is 0.600. The van der Waals surface area contributed by atoms with Crippen LogP contribution in [0.25, 0.3) is 10.8 Å². The molecule has 0 fully saturated rings. The van der Waals surface area contributed by atoms with Gasteiger partial charge in [0.15, 0.2) is 0 Å². The average molecular weight is 437 g/mol. The monoisotopic (exact) mass is 436 g/mol. The minimum atomic E-state index is -0.608. The Bertz CT molecular complexity index is 636. The number of aliphatic hydroxyl groups is 2. The van der Waals surface area contributed by atoms with Gasteiger partial charge in [-0.1, -0.05) is 69.3 Å². The summed E-state index contributed by atoms with van der Waals surface area (Å²) in [7, 11) is 1.35. The molecule has 0 spiro atoms. The zero-order chi connectivity index (χ0) is 24.1. The molecule has 0 heterocycles. The van der Waals surface area contributed by atoms with Gasteiger partial charge >= 0.3 is 11.9 Å². The summed E-state index contributed by atoms with van der Waals surface area (Å²) in [5.41, 5.74) is 0. The fourth-order valence-corrected chi connectivity index (χ4v) is 2.22. The molecule has 2 atom stereocenters. The zero-order valence-electron chi connectivity index (χ0n) is 19.8. The number of carbonyl (C=O) groups excluding carboxylic acids is 2. The normalized spacial score (nSPS) is 11.2. The minimum Gasteiger partial charge on any atom is -0.469 e. The van der Waals surface area contributed by atoms with E-state index in [4.69, 9.17) is 0 Å². The Morgan fingerprint density at radius 2 is 1.23 bits per heavy atom. The van der Waals surface area contributed by atoms with Crippen molar-refractivity contribution < 1.29 is 29.3 Å². The molecule has 0 radical (unpaired) electrons. The van der Waals surface area contributed by atoms with E-state index in [1.165, 1.54) is 31.7 Å². The van der Waals surface area contributed by atoms with Crippen molar-refractivity contribution in [2.75, 3.05) is 13.7 Å². The first-order valence-electron chi connectivity index (χ1n) is 10.8. The van der Waals surface area contributed by atoms with Crippen molar-refractivity contribution in [3.63, 3.8) is 0 Å². The summed E-state index contributed by atoms with van der Waals surface area (Å²) in [5.74, 6) is -0.623. The van der Waals surface area contributed by atoms with Crippen molar-refractivity contribution in [2.24, 2.45) is 0 Å². The molecule has 176 valence electrons. The molecule has 0 saturated heterocycles. The summed E-state index contributed by atoms with van der Waals surface area (Å²) in [5, 5.41) is 21.2. The van der Waals surface area contributed by atoms with Crippen LogP contribution < -0.4 is 0 Å². The number of hydrogen-bond donors (Lipinski definition) is 2.